The lowest BCUT2D eigenvalue weighted by Crippen LogP contribution is -2.35. The van der Waals surface area contributed by atoms with E-state index in [0.29, 0.717) is 6.04 Å². The number of aromatic nitrogens is 1. The van der Waals surface area contributed by atoms with Crippen LogP contribution < -0.4 is 10.6 Å². The number of rotatable bonds is 4. The van der Waals surface area contributed by atoms with Gasteiger partial charge in [0.2, 0.25) is 0 Å². The van der Waals surface area contributed by atoms with Crippen LogP contribution in [0.25, 0.3) is 0 Å². The van der Waals surface area contributed by atoms with Gasteiger partial charge in [-0.1, -0.05) is 18.9 Å². The standard InChI is InChI=1S/C14H23N3/c1-3-17(12-7-4-5-8-12)14-13(11(2)15)9-6-10-16-14/h6,9-12H,3-5,7-8,15H2,1-2H3. The predicted octanol–water partition coefficient (Wildman–Crippen LogP) is 2.87. The summed E-state index contributed by atoms with van der Waals surface area (Å²) in [5.74, 6) is 1.09. The van der Waals surface area contributed by atoms with Gasteiger partial charge in [0.05, 0.1) is 0 Å². The first-order valence-corrected chi connectivity index (χ1v) is 6.71. The lowest BCUT2D eigenvalue weighted by atomic mass is 10.1. The summed E-state index contributed by atoms with van der Waals surface area (Å²) in [6.45, 7) is 5.25. The Labute approximate surface area is 104 Å². The molecule has 2 rings (SSSR count). The predicted molar refractivity (Wildman–Crippen MR) is 72.1 cm³/mol. The van der Waals surface area contributed by atoms with Gasteiger partial charge in [-0.3, -0.25) is 0 Å². The SMILES string of the molecule is CCN(c1ncccc1C(C)N)C1CCCC1. The topological polar surface area (TPSA) is 42.2 Å². The Morgan fingerprint density at radius 2 is 2.18 bits per heavy atom. The number of hydrogen-bond donors (Lipinski definition) is 1. The number of hydrogen-bond acceptors (Lipinski definition) is 3. The Kier molecular flexibility index (Phi) is 4.00. The maximum absolute atomic E-state index is 6.04. The molecule has 0 aliphatic heterocycles. The summed E-state index contributed by atoms with van der Waals surface area (Å²) in [5.41, 5.74) is 7.21. The van der Waals surface area contributed by atoms with E-state index in [1.54, 1.807) is 0 Å². The van der Waals surface area contributed by atoms with Gasteiger partial charge in [-0.2, -0.15) is 0 Å². The highest BCUT2D eigenvalue weighted by molar-refractivity contribution is 5.49. The molecule has 94 valence electrons. The molecule has 0 spiro atoms. The maximum Gasteiger partial charge on any atom is 0.133 e. The highest BCUT2D eigenvalue weighted by atomic mass is 15.2. The molecule has 1 aromatic rings. The van der Waals surface area contributed by atoms with E-state index in [2.05, 4.69) is 22.9 Å². The fourth-order valence-corrected chi connectivity index (χ4v) is 2.80. The number of pyridine rings is 1. The fraction of sp³-hybridized carbons (Fsp3) is 0.643. The molecule has 0 saturated heterocycles. The van der Waals surface area contributed by atoms with E-state index >= 15 is 0 Å². The van der Waals surface area contributed by atoms with Crippen molar-refractivity contribution < 1.29 is 0 Å². The van der Waals surface area contributed by atoms with Crippen LogP contribution >= 0.6 is 0 Å². The molecule has 0 amide bonds. The first-order chi connectivity index (χ1) is 8.24. The highest BCUT2D eigenvalue weighted by Gasteiger charge is 2.24. The minimum Gasteiger partial charge on any atom is -0.354 e. The third kappa shape index (κ3) is 2.60. The van der Waals surface area contributed by atoms with Crippen LogP contribution in [0.5, 0.6) is 0 Å². The molecular weight excluding hydrogens is 210 g/mol. The molecule has 17 heavy (non-hydrogen) atoms. The zero-order valence-corrected chi connectivity index (χ0v) is 10.9. The van der Waals surface area contributed by atoms with Crippen molar-refractivity contribution in [3.05, 3.63) is 23.9 Å². The molecular formula is C14H23N3. The zero-order chi connectivity index (χ0) is 12.3. The summed E-state index contributed by atoms with van der Waals surface area (Å²) in [6.07, 6.45) is 7.16. The minimum absolute atomic E-state index is 0.0501. The van der Waals surface area contributed by atoms with Crippen molar-refractivity contribution in [3.8, 4) is 0 Å². The summed E-state index contributed by atoms with van der Waals surface area (Å²) in [5, 5.41) is 0. The summed E-state index contributed by atoms with van der Waals surface area (Å²) in [6, 6.07) is 4.79. The smallest absolute Gasteiger partial charge is 0.133 e. The second-order valence-corrected chi connectivity index (χ2v) is 4.93. The fourth-order valence-electron chi connectivity index (χ4n) is 2.80. The van der Waals surface area contributed by atoms with Crippen molar-refractivity contribution in [2.75, 3.05) is 11.4 Å². The first kappa shape index (κ1) is 12.4. The molecule has 2 N–H and O–H groups in total. The Morgan fingerprint density at radius 1 is 1.47 bits per heavy atom. The van der Waals surface area contributed by atoms with Crippen LogP contribution in [-0.2, 0) is 0 Å². The van der Waals surface area contributed by atoms with Crippen molar-refractivity contribution in [2.24, 2.45) is 5.73 Å². The summed E-state index contributed by atoms with van der Waals surface area (Å²) in [4.78, 5) is 7.00. The minimum atomic E-state index is 0.0501. The lowest BCUT2D eigenvalue weighted by Gasteiger charge is -2.31. The third-order valence-corrected chi connectivity index (χ3v) is 3.69. The molecule has 0 aromatic carbocycles. The Bertz CT molecular complexity index is 356. The largest absolute Gasteiger partial charge is 0.354 e. The monoisotopic (exact) mass is 233 g/mol. The molecule has 1 saturated carbocycles. The number of nitrogens with two attached hydrogens (primary N) is 1. The second-order valence-electron chi connectivity index (χ2n) is 4.93. The zero-order valence-electron chi connectivity index (χ0n) is 10.9. The maximum atomic E-state index is 6.04. The van der Waals surface area contributed by atoms with E-state index in [1.165, 1.54) is 31.2 Å². The molecule has 1 aliphatic carbocycles. The molecule has 1 unspecified atom stereocenters. The Morgan fingerprint density at radius 3 is 2.76 bits per heavy atom. The van der Waals surface area contributed by atoms with Crippen molar-refractivity contribution in [3.63, 3.8) is 0 Å². The molecule has 1 fully saturated rings. The van der Waals surface area contributed by atoms with Crippen molar-refractivity contribution in [2.45, 2.75) is 51.6 Å². The van der Waals surface area contributed by atoms with Gasteiger partial charge in [0.1, 0.15) is 5.82 Å². The molecule has 1 aliphatic rings. The summed E-state index contributed by atoms with van der Waals surface area (Å²) < 4.78 is 0. The van der Waals surface area contributed by atoms with E-state index in [4.69, 9.17) is 5.73 Å². The van der Waals surface area contributed by atoms with Crippen LogP contribution in [0.15, 0.2) is 18.3 Å². The summed E-state index contributed by atoms with van der Waals surface area (Å²) >= 11 is 0. The van der Waals surface area contributed by atoms with Crippen LogP contribution in [0.4, 0.5) is 5.82 Å². The second kappa shape index (κ2) is 5.50. The van der Waals surface area contributed by atoms with Crippen LogP contribution in [0.2, 0.25) is 0 Å². The average molecular weight is 233 g/mol. The van der Waals surface area contributed by atoms with E-state index < -0.39 is 0 Å². The van der Waals surface area contributed by atoms with Crippen molar-refractivity contribution in [1.82, 2.24) is 4.98 Å². The van der Waals surface area contributed by atoms with Crippen molar-refractivity contribution >= 4 is 5.82 Å². The first-order valence-electron chi connectivity index (χ1n) is 6.71. The van der Waals surface area contributed by atoms with Crippen LogP contribution in [0, 0.1) is 0 Å². The van der Waals surface area contributed by atoms with E-state index in [1.807, 2.05) is 19.2 Å². The van der Waals surface area contributed by atoms with Gasteiger partial charge in [0.25, 0.3) is 0 Å². The normalized spacial score (nSPS) is 18.3. The lowest BCUT2D eigenvalue weighted by molar-refractivity contribution is 0.606. The number of anilines is 1. The molecule has 3 nitrogen and oxygen atoms in total. The van der Waals surface area contributed by atoms with Gasteiger partial charge in [0.15, 0.2) is 0 Å². The van der Waals surface area contributed by atoms with Gasteiger partial charge in [-0.25, -0.2) is 4.98 Å². The molecule has 1 heterocycles. The quantitative estimate of drug-likeness (QED) is 0.869. The van der Waals surface area contributed by atoms with Gasteiger partial charge in [0, 0.05) is 30.4 Å². The molecule has 0 radical (unpaired) electrons. The van der Waals surface area contributed by atoms with E-state index in [9.17, 15) is 0 Å². The Balaban J connectivity index is 2.29. The number of nitrogens with zero attached hydrogens (tertiary/aromatic N) is 2. The van der Waals surface area contributed by atoms with E-state index in [-0.39, 0.29) is 6.04 Å². The molecule has 1 atom stereocenters. The van der Waals surface area contributed by atoms with Crippen LogP contribution in [-0.4, -0.2) is 17.6 Å². The van der Waals surface area contributed by atoms with Crippen molar-refractivity contribution in [1.29, 1.82) is 0 Å². The van der Waals surface area contributed by atoms with Crippen LogP contribution in [0.3, 0.4) is 0 Å². The van der Waals surface area contributed by atoms with Gasteiger partial charge >= 0.3 is 0 Å². The van der Waals surface area contributed by atoms with E-state index in [0.717, 1.165) is 12.4 Å². The van der Waals surface area contributed by atoms with Gasteiger partial charge in [-0.15, -0.1) is 0 Å². The van der Waals surface area contributed by atoms with Crippen LogP contribution in [0.1, 0.15) is 51.1 Å². The highest BCUT2D eigenvalue weighted by Crippen LogP contribution is 2.30. The third-order valence-electron chi connectivity index (χ3n) is 3.69. The van der Waals surface area contributed by atoms with Gasteiger partial charge < -0.3 is 10.6 Å². The molecule has 0 bridgehead atoms. The Hall–Kier alpha value is -1.09. The molecule has 3 heteroatoms. The summed E-state index contributed by atoms with van der Waals surface area (Å²) in [7, 11) is 0. The average Bonchev–Trinajstić information content (AvgIpc) is 2.84. The molecule has 1 aromatic heterocycles. The van der Waals surface area contributed by atoms with Gasteiger partial charge in [-0.05, 0) is 32.8 Å².